The van der Waals surface area contributed by atoms with Crippen molar-refractivity contribution in [3.8, 4) is 0 Å². The Morgan fingerprint density at radius 2 is 1.57 bits per heavy atom. The predicted octanol–water partition coefficient (Wildman–Crippen LogP) is 3.13. The van der Waals surface area contributed by atoms with Crippen LogP contribution < -0.4 is 0 Å². The minimum absolute atomic E-state index is 0.313. The van der Waals surface area contributed by atoms with Gasteiger partial charge >= 0.3 is 0 Å². The lowest BCUT2D eigenvalue weighted by atomic mass is 10.00. The number of aliphatic hydroxyl groups is 1. The van der Waals surface area contributed by atoms with Crippen LogP contribution in [0.1, 0.15) is 17.2 Å². The van der Waals surface area contributed by atoms with Gasteiger partial charge in [0.05, 0.1) is 11.0 Å². The summed E-state index contributed by atoms with van der Waals surface area (Å²) in [5, 5.41) is 10.2. The molecule has 0 fully saturated rings. The first-order valence-electron chi connectivity index (χ1n) is 6.10. The fourth-order valence-electron chi connectivity index (χ4n) is 2.08. The molecule has 1 unspecified atom stereocenters. The largest absolute Gasteiger partial charge is 0.384 e. The molecule has 3 rings (SSSR count). The lowest BCUT2D eigenvalue weighted by Gasteiger charge is -2.13. The summed E-state index contributed by atoms with van der Waals surface area (Å²) in [6, 6.07) is 6.45. The number of halogens is 3. The highest BCUT2D eigenvalue weighted by Gasteiger charge is 2.20. The molecular formula is C15H9F3N2O. The predicted molar refractivity (Wildman–Crippen MR) is 69.9 cm³/mol. The molecule has 0 spiro atoms. The molecule has 3 aromatic rings. The molecule has 0 aliphatic carbocycles. The van der Waals surface area contributed by atoms with Crippen LogP contribution in [0.15, 0.2) is 42.7 Å². The molecule has 0 radical (unpaired) electrons. The Hall–Kier alpha value is -2.47. The van der Waals surface area contributed by atoms with Crippen molar-refractivity contribution in [1.29, 1.82) is 0 Å². The number of hydrogen-bond donors (Lipinski definition) is 1. The highest BCUT2D eigenvalue weighted by Crippen LogP contribution is 2.28. The summed E-state index contributed by atoms with van der Waals surface area (Å²) in [5.74, 6) is -4.30. The van der Waals surface area contributed by atoms with E-state index in [4.69, 9.17) is 0 Å². The van der Waals surface area contributed by atoms with Crippen LogP contribution in [0.4, 0.5) is 13.2 Å². The number of fused-ring (bicyclic) bond motifs is 1. The average molecular weight is 290 g/mol. The van der Waals surface area contributed by atoms with Crippen molar-refractivity contribution in [2.45, 2.75) is 6.10 Å². The van der Waals surface area contributed by atoms with Gasteiger partial charge in [-0.05, 0) is 23.8 Å². The molecule has 106 valence electrons. The van der Waals surface area contributed by atoms with Crippen LogP contribution >= 0.6 is 0 Å². The van der Waals surface area contributed by atoms with E-state index in [2.05, 4.69) is 9.97 Å². The smallest absolute Gasteiger partial charge is 0.194 e. The lowest BCUT2D eigenvalue weighted by molar-refractivity contribution is 0.212. The van der Waals surface area contributed by atoms with E-state index in [0.717, 1.165) is 12.1 Å². The zero-order chi connectivity index (χ0) is 15.0. The van der Waals surface area contributed by atoms with E-state index in [1.165, 1.54) is 24.5 Å². The molecule has 0 saturated heterocycles. The third kappa shape index (κ3) is 2.34. The lowest BCUT2D eigenvalue weighted by Crippen LogP contribution is -2.06. The van der Waals surface area contributed by atoms with Gasteiger partial charge in [0.15, 0.2) is 17.5 Å². The Morgan fingerprint density at radius 1 is 0.857 bits per heavy atom. The Morgan fingerprint density at radius 3 is 2.33 bits per heavy atom. The third-order valence-electron chi connectivity index (χ3n) is 3.17. The monoisotopic (exact) mass is 290 g/mol. The molecule has 1 heterocycles. The molecule has 2 aromatic carbocycles. The maximum atomic E-state index is 13.7. The second-order valence-corrected chi connectivity index (χ2v) is 4.47. The van der Waals surface area contributed by atoms with Crippen LogP contribution in [0.2, 0.25) is 0 Å². The maximum Gasteiger partial charge on any atom is 0.194 e. The van der Waals surface area contributed by atoms with Crippen molar-refractivity contribution in [3.05, 3.63) is 71.3 Å². The maximum absolute atomic E-state index is 13.7. The van der Waals surface area contributed by atoms with Gasteiger partial charge in [0.25, 0.3) is 0 Å². The highest BCUT2D eigenvalue weighted by atomic mass is 19.2. The van der Waals surface area contributed by atoms with E-state index in [0.29, 0.717) is 16.6 Å². The molecule has 0 bridgehead atoms. The number of aromatic nitrogens is 2. The molecule has 0 saturated carbocycles. The molecule has 1 N–H and O–H groups in total. The minimum Gasteiger partial charge on any atom is -0.384 e. The van der Waals surface area contributed by atoms with Crippen molar-refractivity contribution in [1.82, 2.24) is 9.97 Å². The minimum atomic E-state index is -1.60. The number of nitrogens with zero attached hydrogens (tertiary/aromatic N) is 2. The fourth-order valence-corrected chi connectivity index (χ4v) is 2.08. The second kappa shape index (κ2) is 5.14. The third-order valence-corrected chi connectivity index (χ3v) is 3.17. The molecule has 0 aliphatic rings. The second-order valence-electron chi connectivity index (χ2n) is 4.47. The molecule has 1 atom stereocenters. The molecule has 3 nitrogen and oxygen atoms in total. The molecule has 21 heavy (non-hydrogen) atoms. The van der Waals surface area contributed by atoms with Crippen molar-refractivity contribution >= 4 is 11.0 Å². The van der Waals surface area contributed by atoms with E-state index < -0.39 is 23.6 Å². The van der Waals surface area contributed by atoms with Crippen LogP contribution in [-0.4, -0.2) is 15.1 Å². The standard InChI is InChI=1S/C15H9F3N2O/c16-10-3-2-9(13(17)14(10)18)15(21)8-1-4-11-12(7-8)20-6-5-19-11/h1-7,15,21H. The first-order chi connectivity index (χ1) is 10.1. The van der Waals surface area contributed by atoms with E-state index in [1.54, 1.807) is 6.07 Å². The van der Waals surface area contributed by atoms with Gasteiger partial charge in [0, 0.05) is 18.0 Å². The van der Waals surface area contributed by atoms with E-state index in [1.807, 2.05) is 0 Å². The van der Waals surface area contributed by atoms with Gasteiger partial charge in [0.2, 0.25) is 0 Å². The number of aliphatic hydroxyl groups excluding tert-OH is 1. The Bertz CT molecular complexity index is 823. The normalized spacial score (nSPS) is 12.6. The quantitative estimate of drug-likeness (QED) is 0.738. The van der Waals surface area contributed by atoms with Crippen molar-refractivity contribution in [2.24, 2.45) is 0 Å². The molecule has 6 heteroatoms. The van der Waals surface area contributed by atoms with Crippen molar-refractivity contribution < 1.29 is 18.3 Å². The summed E-state index contributed by atoms with van der Waals surface area (Å²) in [6.07, 6.45) is 1.58. The zero-order valence-electron chi connectivity index (χ0n) is 10.6. The van der Waals surface area contributed by atoms with Gasteiger partial charge in [0.1, 0.15) is 6.10 Å². The summed E-state index contributed by atoms with van der Waals surface area (Å²) in [4.78, 5) is 8.14. The van der Waals surface area contributed by atoms with Crippen LogP contribution in [0.25, 0.3) is 11.0 Å². The first kappa shape index (κ1) is 13.5. The fraction of sp³-hybridized carbons (Fsp3) is 0.0667. The van der Waals surface area contributed by atoms with Crippen molar-refractivity contribution in [3.63, 3.8) is 0 Å². The van der Waals surface area contributed by atoms with Crippen LogP contribution in [0.3, 0.4) is 0 Å². The number of rotatable bonds is 2. The van der Waals surface area contributed by atoms with Gasteiger partial charge in [-0.2, -0.15) is 0 Å². The molecule has 1 aromatic heterocycles. The Balaban J connectivity index is 2.08. The summed E-state index contributed by atoms with van der Waals surface area (Å²) >= 11 is 0. The van der Waals surface area contributed by atoms with Crippen LogP contribution in [0, 0.1) is 17.5 Å². The van der Waals surface area contributed by atoms with Crippen molar-refractivity contribution in [2.75, 3.05) is 0 Å². The van der Waals surface area contributed by atoms with Gasteiger partial charge in [-0.1, -0.05) is 12.1 Å². The van der Waals surface area contributed by atoms with Crippen LogP contribution in [-0.2, 0) is 0 Å². The summed E-state index contributed by atoms with van der Waals surface area (Å²) < 4.78 is 39.9. The van der Waals surface area contributed by atoms with E-state index >= 15 is 0 Å². The number of hydrogen-bond acceptors (Lipinski definition) is 3. The van der Waals surface area contributed by atoms with E-state index in [9.17, 15) is 18.3 Å². The Kier molecular flexibility index (Phi) is 3.31. The molecule has 0 aliphatic heterocycles. The first-order valence-corrected chi connectivity index (χ1v) is 6.10. The Labute approximate surface area is 117 Å². The van der Waals surface area contributed by atoms with E-state index in [-0.39, 0.29) is 5.56 Å². The number of benzene rings is 2. The topological polar surface area (TPSA) is 46.0 Å². The van der Waals surface area contributed by atoms with Gasteiger partial charge in [-0.25, -0.2) is 13.2 Å². The SMILES string of the molecule is OC(c1ccc2nccnc2c1)c1ccc(F)c(F)c1F. The van der Waals surface area contributed by atoms with Gasteiger partial charge in [-0.3, -0.25) is 9.97 Å². The summed E-state index contributed by atoms with van der Waals surface area (Å²) in [5.41, 5.74) is 1.10. The zero-order valence-corrected chi connectivity index (χ0v) is 10.6. The molecule has 0 amide bonds. The average Bonchev–Trinajstić information content (AvgIpc) is 2.52. The highest BCUT2D eigenvalue weighted by molar-refractivity contribution is 5.74. The molecular weight excluding hydrogens is 281 g/mol. The summed E-state index contributed by atoms with van der Waals surface area (Å²) in [7, 11) is 0. The van der Waals surface area contributed by atoms with Gasteiger partial charge in [-0.15, -0.1) is 0 Å². The van der Waals surface area contributed by atoms with Crippen LogP contribution in [0.5, 0.6) is 0 Å². The van der Waals surface area contributed by atoms with Gasteiger partial charge < -0.3 is 5.11 Å². The summed E-state index contributed by atoms with van der Waals surface area (Å²) in [6.45, 7) is 0.